The van der Waals surface area contributed by atoms with Gasteiger partial charge in [-0.2, -0.15) is 47.5 Å². The van der Waals surface area contributed by atoms with E-state index in [-0.39, 0.29) is 35.6 Å². The fourth-order valence-corrected chi connectivity index (χ4v) is 6.70. The summed E-state index contributed by atoms with van der Waals surface area (Å²) in [5.74, 6) is 0. The first-order valence-electron chi connectivity index (χ1n) is 14.3. The Morgan fingerprint density at radius 3 is 1.64 bits per heavy atom. The molecule has 1 aliphatic carbocycles. The van der Waals surface area contributed by atoms with Gasteiger partial charge in [-0.15, -0.1) is 5.56 Å². The molecule has 0 fully saturated rings. The molecular formula is C39H38Cl4Zr-2. The van der Waals surface area contributed by atoms with E-state index in [1.54, 1.807) is 0 Å². The summed E-state index contributed by atoms with van der Waals surface area (Å²) in [5.41, 5.74) is 10.9. The van der Waals surface area contributed by atoms with Crippen LogP contribution in [0.2, 0.25) is 10.0 Å². The molecule has 0 unspecified atom stereocenters. The molecule has 0 heterocycles. The third-order valence-electron chi connectivity index (χ3n) is 7.37. The Morgan fingerprint density at radius 2 is 1.18 bits per heavy atom. The third-order valence-corrected chi connectivity index (χ3v) is 9.35. The molecule has 0 bridgehead atoms. The zero-order valence-electron chi connectivity index (χ0n) is 26.1. The van der Waals surface area contributed by atoms with Crippen LogP contribution < -0.4 is 24.8 Å². The number of halogens is 4. The smallest absolute Gasteiger partial charge is 0.172 e. The van der Waals surface area contributed by atoms with Crippen molar-refractivity contribution in [3.63, 3.8) is 0 Å². The Kier molecular flexibility index (Phi) is 14.5. The summed E-state index contributed by atoms with van der Waals surface area (Å²) < 4.78 is 1.18. The Bertz CT molecular complexity index is 1530. The van der Waals surface area contributed by atoms with Gasteiger partial charge in [0.15, 0.2) is 0 Å². The first-order chi connectivity index (χ1) is 19.9. The first-order valence-corrected chi connectivity index (χ1v) is 16.3. The van der Waals surface area contributed by atoms with Crippen LogP contribution in [0.4, 0.5) is 0 Å². The summed E-state index contributed by atoms with van der Waals surface area (Å²) in [4.78, 5) is 0. The van der Waals surface area contributed by atoms with Crippen molar-refractivity contribution in [2.24, 2.45) is 0 Å². The van der Waals surface area contributed by atoms with Crippen LogP contribution in [0.25, 0.3) is 11.1 Å². The van der Waals surface area contributed by atoms with Crippen molar-refractivity contribution < 1.29 is 49.0 Å². The molecule has 5 aromatic rings. The second-order valence-corrected chi connectivity index (χ2v) is 14.7. The molecule has 44 heavy (non-hydrogen) atoms. The minimum Gasteiger partial charge on any atom is -1.00 e. The van der Waals surface area contributed by atoms with Gasteiger partial charge in [-0.3, -0.25) is 0 Å². The van der Waals surface area contributed by atoms with E-state index in [0.29, 0.717) is 0 Å². The zero-order valence-corrected chi connectivity index (χ0v) is 31.6. The van der Waals surface area contributed by atoms with Gasteiger partial charge in [0.05, 0.1) is 0 Å². The maximum absolute atomic E-state index is 6.17. The van der Waals surface area contributed by atoms with E-state index in [1.165, 1.54) is 60.8 Å². The molecule has 0 radical (unpaired) electrons. The molecular weight excluding hydrogens is 701 g/mol. The summed E-state index contributed by atoms with van der Waals surface area (Å²) in [6.07, 6.45) is 1.03. The molecule has 0 nitrogen and oxygen atoms in total. The van der Waals surface area contributed by atoms with E-state index >= 15 is 0 Å². The molecule has 5 aromatic carbocycles. The monoisotopic (exact) mass is 736 g/mol. The summed E-state index contributed by atoms with van der Waals surface area (Å²) in [6, 6.07) is 40.8. The largest absolute Gasteiger partial charge is 1.00 e. The summed E-state index contributed by atoms with van der Waals surface area (Å²) in [6.45, 7) is 13.6. The molecule has 0 atom stereocenters. The average molecular weight is 740 g/mol. The van der Waals surface area contributed by atoms with E-state index < -0.39 is 0 Å². The summed E-state index contributed by atoms with van der Waals surface area (Å²) >= 11 is 13.6. The standard InChI is InChI=1S/C21H25.C13H8Cl2.C5H5.2ClH.Zr/c1-20(2,3)16-9-7-14-11-15-8-10-17(21(4,5)6)13-19(15)18(14)12-16;14-12-7-3-1-5-10(12)9-11-6-2-4-8-13(11)15;1-2-4-5-3-1;;;/h7,9-10,12-13H,11H2,1-6H3;1-8H;1-5H;2*1H;/q-1;;-1;;;+2/p-2. The number of rotatable bonds is 2. The van der Waals surface area contributed by atoms with Gasteiger partial charge in [0.25, 0.3) is 0 Å². The molecule has 5 heteroatoms. The second kappa shape index (κ2) is 16.6. The molecule has 1 aliphatic rings. The molecule has 0 aliphatic heterocycles. The van der Waals surface area contributed by atoms with Gasteiger partial charge in [0.1, 0.15) is 0 Å². The Balaban J connectivity index is 0.000000260. The molecule has 0 saturated carbocycles. The van der Waals surface area contributed by atoms with E-state index in [0.717, 1.165) is 27.6 Å². The van der Waals surface area contributed by atoms with Gasteiger partial charge in [0, 0.05) is 0 Å². The van der Waals surface area contributed by atoms with Crippen LogP contribution in [-0.2, 0) is 41.5 Å². The summed E-state index contributed by atoms with van der Waals surface area (Å²) in [7, 11) is 0. The first kappa shape index (κ1) is 38.3. The van der Waals surface area contributed by atoms with Gasteiger partial charge in [-0.25, -0.2) is 12.1 Å². The molecule has 0 saturated heterocycles. The van der Waals surface area contributed by atoms with Gasteiger partial charge in [-0.05, 0) is 17.4 Å². The SMILES string of the molecule is CC(C)(C)c1c[c-]c2c(c1)-c1cc(C(C)(C)C)ccc1C2.Clc1ccccc1[C](=[Zr+2])c1ccccc1Cl.[Cl-].[Cl-].c1cc[cH-]c1. The molecule has 0 aromatic heterocycles. The number of benzene rings is 4. The molecule has 0 spiro atoms. The van der Waals surface area contributed by atoms with Crippen LogP contribution in [0.5, 0.6) is 0 Å². The van der Waals surface area contributed by atoms with Crippen molar-refractivity contribution in [3.8, 4) is 11.1 Å². The van der Waals surface area contributed by atoms with Gasteiger partial charge >= 0.3 is 120 Å². The van der Waals surface area contributed by atoms with E-state index in [4.69, 9.17) is 23.2 Å². The van der Waals surface area contributed by atoms with Crippen molar-refractivity contribution in [1.82, 2.24) is 0 Å². The fourth-order valence-electron chi connectivity index (χ4n) is 4.78. The number of hydrogen-bond acceptors (Lipinski definition) is 0. The predicted octanol–water partition coefficient (Wildman–Crippen LogP) is 5.18. The van der Waals surface area contributed by atoms with E-state index in [2.05, 4.69) is 77.9 Å². The number of fused-ring (bicyclic) bond motifs is 3. The van der Waals surface area contributed by atoms with E-state index in [1.807, 2.05) is 78.9 Å². The topological polar surface area (TPSA) is 0 Å². The average Bonchev–Trinajstić information content (AvgIpc) is 3.64. The van der Waals surface area contributed by atoms with Gasteiger partial charge in [0.2, 0.25) is 0 Å². The molecule has 0 N–H and O–H groups in total. The van der Waals surface area contributed by atoms with Crippen LogP contribution in [0.3, 0.4) is 0 Å². The van der Waals surface area contributed by atoms with Crippen LogP contribution in [0.1, 0.15) is 74.9 Å². The van der Waals surface area contributed by atoms with Gasteiger partial charge < -0.3 is 24.8 Å². The minimum absolute atomic E-state index is 0. The van der Waals surface area contributed by atoms with Crippen LogP contribution >= 0.6 is 23.2 Å². The molecule has 0 amide bonds. The summed E-state index contributed by atoms with van der Waals surface area (Å²) in [5, 5.41) is 1.54. The Morgan fingerprint density at radius 1 is 0.682 bits per heavy atom. The molecule has 6 rings (SSSR count). The van der Waals surface area contributed by atoms with Crippen molar-refractivity contribution in [1.29, 1.82) is 0 Å². The molecule has 228 valence electrons. The minimum atomic E-state index is 0. The van der Waals surface area contributed by atoms with Gasteiger partial charge in [-0.1, -0.05) is 76.3 Å². The van der Waals surface area contributed by atoms with Crippen molar-refractivity contribution in [2.75, 3.05) is 0 Å². The zero-order chi connectivity index (χ0) is 30.5. The third kappa shape index (κ3) is 9.82. The van der Waals surface area contributed by atoms with Crippen molar-refractivity contribution in [3.05, 3.63) is 159 Å². The van der Waals surface area contributed by atoms with Crippen molar-refractivity contribution in [2.45, 2.75) is 58.8 Å². The normalized spacial score (nSPS) is 11.3. The Hall–Kier alpha value is -1.86. The Labute approximate surface area is 301 Å². The van der Waals surface area contributed by atoms with Crippen molar-refractivity contribution >= 4 is 26.4 Å². The maximum Gasteiger partial charge on any atom is -0.172 e. The quantitative estimate of drug-likeness (QED) is 0.215. The van der Waals surface area contributed by atoms with Crippen LogP contribution in [-0.4, -0.2) is 3.21 Å². The predicted molar refractivity (Wildman–Crippen MR) is 179 cm³/mol. The maximum atomic E-state index is 6.17. The van der Waals surface area contributed by atoms with Crippen LogP contribution in [0, 0.1) is 6.07 Å². The van der Waals surface area contributed by atoms with Crippen LogP contribution in [0.15, 0.2) is 109 Å². The second-order valence-electron chi connectivity index (χ2n) is 12.6. The fraction of sp³-hybridized carbons (Fsp3) is 0.231. The number of hydrogen-bond donors (Lipinski definition) is 0. The van der Waals surface area contributed by atoms with E-state index in [9.17, 15) is 0 Å².